The number of benzene rings is 3. The third-order valence-electron chi connectivity index (χ3n) is 6.39. The van der Waals surface area contributed by atoms with Crippen molar-refractivity contribution in [2.24, 2.45) is 20.5 Å². The number of hydrogen-bond acceptors (Lipinski definition) is 22. The van der Waals surface area contributed by atoms with Gasteiger partial charge >= 0.3 is 20.8 Å². The van der Waals surface area contributed by atoms with Crippen LogP contribution in [0, 0.1) is 0 Å². The molecule has 0 aliphatic carbocycles. The molecule has 56 heavy (non-hydrogen) atoms. The van der Waals surface area contributed by atoms with Crippen molar-refractivity contribution in [1.82, 2.24) is 0 Å². The lowest BCUT2D eigenvalue weighted by atomic mass is 10.2. The zero-order chi connectivity index (χ0) is 42.9. The molecule has 0 aliphatic rings. The summed E-state index contributed by atoms with van der Waals surface area (Å²) < 4.78 is 221. The van der Waals surface area contributed by atoms with E-state index in [0.717, 1.165) is 6.07 Å². The first-order valence-electron chi connectivity index (χ1n) is 13.7. The fraction of sp³-hybridized carbons (Fsp3) is 0.182. The van der Waals surface area contributed by atoms with Crippen LogP contribution in [0.3, 0.4) is 0 Å². The second kappa shape index (κ2) is 16.4. The van der Waals surface area contributed by atoms with Gasteiger partial charge in [-0.1, -0.05) is 0 Å². The first-order valence-corrected chi connectivity index (χ1v) is 24.0. The molecule has 0 bridgehead atoms. The topological polar surface area (TPSA) is 460 Å². The zero-order valence-corrected chi connectivity index (χ0v) is 32.7. The summed E-state index contributed by atoms with van der Waals surface area (Å²) in [5.41, 5.74) is 6.38. The number of nitrogens with zero attached hydrogens (tertiary/aromatic N) is 4. The Bertz CT molecular complexity index is 2930. The summed E-state index contributed by atoms with van der Waals surface area (Å²) >= 11 is 0. The number of azo groups is 2. The molecule has 34 heteroatoms. The number of sulfone groups is 2. The van der Waals surface area contributed by atoms with Gasteiger partial charge < -0.3 is 11.5 Å². The Labute approximate surface area is 317 Å². The zero-order valence-electron chi connectivity index (χ0n) is 26.9. The van der Waals surface area contributed by atoms with Crippen LogP contribution in [-0.2, 0) is 79.2 Å². The lowest BCUT2D eigenvalue weighted by molar-refractivity contribution is 0.282. The Hall–Kier alpha value is -4.17. The molecular formula is C22H24N6O21S7. The number of anilines is 2. The number of rotatable bonds is 17. The predicted molar refractivity (Wildman–Crippen MR) is 185 cm³/mol. The van der Waals surface area contributed by atoms with Crippen LogP contribution in [0.4, 0.5) is 34.1 Å². The van der Waals surface area contributed by atoms with Crippen LogP contribution >= 0.6 is 0 Å². The van der Waals surface area contributed by atoms with E-state index < -0.39 is 154 Å². The van der Waals surface area contributed by atoms with Gasteiger partial charge in [0.15, 0.2) is 19.7 Å². The van der Waals surface area contributed by atoms with Gasteiger partial charge in [-0.2, -0.15) is 42.1 Å². The van der Waals surface area contributed by atoms with Crippen LogP contribution in [0.1, 0.15) is 0 Å². The van der Waals surface area contributed by atoms with Crippen molar-refractivity contribution in [3.63, 3.8) is 0 Å². The molecule has 0 fully saturated rings. The van der Waals surface area contributed by atoms with Crippen LogP contribution in [-0.4, -0.2) is 106 Å². The summed E-state index contributed by atoms with van der Waals surface area (Å²) in [5.74, 6) is -2.26. The van der Waals surface area contributed by atoms with E-state index in [9.17, 15) is 72.6 Å². The second-order valence-electron chi connectivity index (χ2n) is 10.3. The highest BCUT2D eigenvalue weighted by Gasteiger charge is 2.27. The van der Waals surface area contributed by atoms with Crippen LogP contribution in [0.5, 0.6) is 0 Å². The van der Waals surface area contributed by atoms with Gasteiger partial charge in [-0.25, -0.2) is 25.2 Å². The summed E-state index contributed by atoms with van der Waals surface area (Å²) in [7, 11) is -35.4. The van der Waals surface area contributed by atoms with Crippen molar-refractivity contribution in [3.05, 3.63) is 42.5 Å². The minimum absolute atomic E-state index is 0.329. The fourth-order valence-electron chi connectivity index (χ4n) is 4.02. The van der Waals surface area contributed by atoms with E-state index in [1.165, 1.54) is 0 Å². The normalized spacial score (nSPS) is 13.8. The summed E-state index contributed by atoms with van der Waals surface area (Å²) in [5, 5.41) is 14.1. The van der Waals surface area contributed by atoms with E-state index in [1.54, 1.807) is 0 Å². The average Bonchev–Trinajstić information content (AvgIpc) is 3.01. The summed E-state index contributed by atoms with van der Waals surface area (Å²) in [6.07, 6.45) is 0. The van der Waals surface area contributed by atoms with Gasteiger partial charge in [0.1, 0.15) is 37.4 Å². The molecule has 0 atom stereocenters. The Balaban J connectivity index is 2.16. The Morgan fingerprint density at radius 1 is 0.500 bits per heavy atom. The summed E-state index contributed by atoms with van der Waals surface area (Å²) in [6.45, 7) is -2.23. The van der Waals surface area contributed by atoms with Crippen molar-refractivity contribution in [3.8, 4) is 0 Å². The minimum Gasteiger partial charge on any atom is -0.397 e. The Morgan fingerprint density at radius 2 is 0.875 bits per heavy atom. The lowest BCUT2D eigenvalue weighted by Crippen LogP contribution is -2.16. The SMILES string of the molecule is Nc1cc(N=Nc2ccc(S(=O)(=O)CCOS(=O)(=O)O)cc2S(=O)(=O)O)c(N)c(N=Nc2ccc(S(=O)(=O)CCOS(=O)(=O)O)cc2S(=O)(=O)O)c1S(=O)(=O)O. The van der Waals surface area contributed by atoms with Gasteiger partial charge in [-0.05, 0) is 42.5 Å². The minimum atomic E-state index is -5.40. The first kappa shape index (κ1) is 46.2. The molecule has 0 saturated carbocycles. The van der Waals surface area contributed by atoms with Crippen molar-refractivity contribution in [2.75, 3.05) is 36.2 Å². The molecule has 0 spiro atoms. The number of hydrogen-bond donors (Lipinski definition) is 7. The van der Waals surface area contributed by atoms with Gasteiger partial charge in [0.25, 0.3) is 30.4 Å². The quantitative estimate of drug-likeness (QED) is 0.0554. The molecule has 3 aromatic carbocycles. The van der Waals surface area contributed by atoms with Crippen molar-refractivity contribution in [2.45, 2.75) is 24.5 Å². The summed E-state index contributed by atoms with van der Waals surface area (Å²) in [6, 6.07) is 4.03. The molecule has 0 unspecified atom stereocenters. The van der Waals surface area contributed by atoms with E-state index in [2.05, 4.69) is 28.8 Å². The van der Waals surface area contributed by atoms with Gasteiger partial charge in [-0.15, -0.1) is 20.5 Å². The molecule has 0 radical (unpaired) electrons. The molecular weight excluding hydrogens is 909 g/mol. The lowest BCUT2D eigenvalue weighted by Gasteiger charge is -2.11. The van der Waals surface area contributed by atoms with E-state index in [0.29, 0.717) is 36.4 Å². The van der Waals surface area contributed by atoms with Crippen LogP contribution in [0.15, 0.2) is 87.4 Å². The van der Waals surface area contributed by atoms with E-state index in [1.807, 2.05) is 0 Å². The molecule has 0 saturated heterocycles. The number of nitrogen functional groups attached to an aromatic ring is 2. The molecule has 9 N–H and O–H groups in total. The highest BCUT2D eigenvalue weighted by molar-refractivity contribution is 7.92. The fourth-order valence-corrected chi connectivity index (χ4v) is 9.24. The molecule has 0 heterocycles. The maximum Gasteiger partial charge on any atom is 0.397 e. The van der Waals surface area contributed by atoms with E-state index in [4.69, 9.17) is 20.6 Å². The summed E-state index contributed by atoms with van der Waals surface area (Å²) in [4.78, 5) is -5.48. The van der Waals surface area contributed by atoms with Crippen LogP contribution < -0.4 is 11.5 Å². The maximum absolute atomic E-state index is 12.6. The third-order valence-corrected chi connectivity index (χ3v) is 13.4. The predicted octanol–water partition coefficient (Wildman–Crippen LogP) is 0.608. The van der Waals surface area contributed by atoms with Crippen LogP contribution in [0.25, 0.3) is 0 Å². The van der Waals surface area contributed by atoms with Crippen molar-refractivity contribution >= 4 is 105 Å². The standard InChI is InChI=1S/C22H24N6O21S7/c23-14-11-17(27-25-15-3-1-12(9-18(15)52(33,34)35)50(29,30)7-5-48-55(42,43)44)20(24)21(22(14)54(39,40)41)28-26-16-4-2-13(10-19(16)53(36,37)38)51(31,32)8-6-49-56(45,46)47/h1-4,9-11H,5-8,23-24H2,(H,33,34,35)(H,36,37,38)(H,39,40,41)(H,42,43,44)(H,45,46,47). The van der Waals surface area contributed by atoms with E-state index in [-0.39, 0.29) is 0 Å². The second-order valence-corrected chi connectivity index (χ2v) is 20.8. The third kappa shape index (κ3) is 12.4. The largest absolute Gasteiger partial charge is 0.397 e. The van der Waals surface area contributed by atoms with Crippen molar-refractivity contribution in [1.29, 1.82) is 0 Å². The maximum atomic E-state index is 12.6. The van der Waals surface area contributed by atoms with Gasteiger partial charge in [-0.3, -0.25) is 22.8 Å². The molecule has 0 amide bonds. The Kier molecular flexibility index (Phi) is 13.5. The van der Waals surface area contributed by atoms with Gasteiger partial charge in [0.2, 0.25) is 0 Å². The van der Waals surface area contributed by atoms with E-state index >= 15 is 0 Å². The molecule has 310 valence electrons. The monoisotopic (exact) mass is 932 g/mol. The highest BCUT2D eigenvalue weighted by Crippen LogP contribution is 2.44. The average molecular weight is 933 g/mol. The van der Waals surface area contributed by atoms with Crippen LogP contribution in [0.2, 0.25) is 0 Å². The molecule has 0 aromatic heterocycles. The van der Waals surface area contributed by atoms with Gasteiger partial charge in [0.05, 0.1) is 45.9 Å². The smallest absolute Gasteiger partial charge is 0.397 e. The van der Waals surface area contributed by atoms with Gasteiger partial charge in [0, 0.05) is 0 Å². The highest BCUT2D eigenvalue weighted by atomic mass is 32.3. The molecule has 27 nitrogen and oxygen atoms in total. The molecule has 0 aliphatic heterocycles. The Morgan fingerprint density at radius 3 is 1.23 bits per heavy atom. The molecule has 3 rings (SSSR count). The molecule has 3 aromatic rings. The first-order chi connectivity index (χ1) is 25.2. The van der Waals surface area contributed by atoms with Crippen molar-refractivity contribution < 1.29 is 90.1 Å². The number of nitrogens with two attached hydrogens (primary N) is 2.